The van der Waals surface area contributed by atoms with E-state index in [9.17, 15) is 9.90 Å². The molecule has 3 nitrogen and oxygen atoms in total. The fourth-order valence-electron chi connectivity index (χ4n) is 3.13. The number of benzene rings is 1. The van der Waals surface area contributed by atoms with Gasteiger partial charge in [-0.15, -0.1) is 0 Å². The van der Waals surface area contributed by atoms with Gasteiger partial charge in [0, 0.05) is 5.92 Å². The Bertz CT molecular complexity index is 481. The van der Waals surface area contributed by atoms with Crippen molar-refractivity contribution in [3.8, 4) is 0 Å². The summed E-state index contributed by atoms with van der Waals surface area (Å²) in [6.45, 7) is 0.347. The molecule has 0 aromatic heterocycles. The lowest BCUT2D eigenvalue weighted by Gasteiger charge is -2.35. The van der Waals surface area contributed by atoms with Crippen LogP contribution >= 0.6 is 0 Å². The van der Waals surface area contributed by atoms with Crippen molar-refractivity contribution in [2.45, 2.75) is 44.1 Å². The molecule has 1 aromatic carbocycles. The van der Waals surface area contributed by atoms with E-state index in [1.807, 2.05) is 18.2 Å². The first-order valence-electron chi connectivity index (χ1n) is 7.27. The van der Waals surface area contributed by atoms with E-state index in [0.717, 1.165) is 44.1 Å². The Hall–Kier alpha value is -1.35. The molecule has 102 valence electrons. The molecule has 2 aliphatic rings. The molecule has 1 unspecified atom stereocenters. The Balaban J connectivity index is 1.71. The van der Waals surface area contributed by atoms with Gasteiger partial charge in [0.15, 0.2) is 0 Å². The molecule has 0 heterocycles. The molecular formula is C16H21NO2. The van der Waals surface area contributed by atoms with E-state index in [2.05, 4.69) is 11.4 Å². The quantitative estimate of drug-likeness (QED) is 0.873. The predicted octanol–water partition coefficient (Wildman–Crippen LogP) is 2.13. The van der Waals surface area contributed by atoms with Gasteiger partial charge >= 0.3 is 0 Å². The first-order chi connectivity index (χ1) is 9.19. The maximum atomic E-state index is 11.9. The van der Waals surface area contributed by atoms with E-state index >= 15 is 0 Å². The van der Waals surface area contributed by atoms with Gasteiger partial charge in [-0.05, 0) is 43.2 Å². The molecule has 1 aromatic rings. The van der Waals surface area contributed by atoms with E-state index in [0.29, 0.717) is 6.54 Å². The van der Waals surface area contributed by atoms with Gasteiger partial charge in [0.25, 0.3) is 0 Å². The van der Waals surface area contributed by atoms with Crippen LogP contribution in [0.25, 0.3) is 0 Å². The summed E-state index contributed by atoms with van der Waals surface area (Å²) in [6.07, 6.45) is 5.89. The molecule has 0 radical (unpaired) electrons. The summed E-state index contributed by atoms with van der Waals surface area (Å²) in [5.74, 6) is 0.296. The third kappa shape index (κ3) is 2.39. The molecule has 1 amide bonds. The van der Waals surface area contributed by atoms with Crippen molar-refractivity contribution in [2.75, 3.05) is 6.54 Å². The zero-order valence-electron chi connectivity index (χ0n) is 11.2. The van der Waals surface area contributed by atoms with Crippen LogP contribution < -0.4 is 5.32 Å². The Morgan fingerprint density at radius 3 is 2.84 bits per heavy atom. The molecule has 1 fully saturated rings. The summed E-state index contributed by atoms with van der Waals surface area (Å²) in [7, 11) is 0. The minimum absolute atomic E-state index is 0.114. The molecule has 0 saturated heterocycles. The number of rotatable bonds is 3. The van der Waals surface area contributed by atoms with E-state index in [1.165, 1.54) is 5.56 Å². The topological polar surface area (TPSA) is 49.3 Å². The Kier molecular flexibility index (Phi) is 3.31. The molecule has 3 heteroatoms. The third-order valence-electron chi connectivity index (χ3n) is 4.59. The molecule has 1 saturated carbocycles. The van der Waals surface area contributed by atoms with Crippen molar-refractivity contribution in [3.63, 3.8) is 0 Å². The number of fused-ring (bicyclic) bond motifs is 1. The van der Waals surface area contributed by atoms with Gasteiger partial charge in [-0.25, -0.2) is 0 Å². The van der Waals surface area contributed by atoms with Gasteiger partial charge in [0.05, 0.1) is 6.54 Å². The van der Waals surface area contributed by atoms with E-state index in [4.69, 9.17) is 0 Å². The van der Waals surface area contributed by atoms with E-state index in [-0.39, 0.29) is 11.8 Å². The number of nitrogens with one attached hydrogen (secondary N) is 1. The monoisotopic (exact) mass is 259 g/mol. The molecule has 0 spiro atoms. The number of aryl methyl sites for hydroxylation is 1. The molecule has 1 atom stereocenters. The maximum Gasteiger partial charge on any atom is 0.223 e. The lowest BCUT2D eigenvalue weighted by molar-refractivity contribution is -0.128. The van der Waals surface area contributed by atoms with Crippen molar-refractivity contribution >= 4 is 5.91 Å². The highest BCUT2D eigenvalue weighted by atomic mass is 16.3. The molecule has 2 aliphatic carbocycles. The molecule has 2 N–H and O–H groups in total. The highest BCUT2D eigenvalue weighted by Crippen LogP contribution is 2.35. The highest BCUT2D eigenvalue weighted by molar-refractivity contribution is 5.79. The number of aliphatic hydroxyl groups is 1. The Morgan fingerprint density at radius 1 is 1.32 bits per heavy atom. The second kappa shape index (κ2) is 4.97. The van der Waals surface area contributed by atoms with Gasteiger partial charge < -0.3 is 10.4 Å². The van der Waals surface area contributed by atoms with Crippen molar-refractivity contribution in [3.05, 3.63) is 35.4 Å². The largest absolute Gasteiger partial charge is 0.383 e. The number of amides is 1. The summed E-state index contributed by atoms with van der Waals surface area (Å²) in [4.78, 5) is 11.9. The van der Waals surface area contributed by atoms with Crippen LogP contribution in [0.1, 0.15) is 43.2 Å². The SMILES string of the molecule is O=C(NCC1(O)CCCc2ccccc21)C1CCC1. The Labute approximate surface area is 114 Å². The summed E-state index contributed by atoms with van der Waals surface area (Å²) in [5, 5.41) is 13.8. The summed E-state index contributed by atoms with van der Waals surface area (Å²) >= 11 is 0. The van der Waals surface area contributed by atoms with Crippen LogP contribution in [0, 0.1) is 5.92 Å². The molecule has 0 aliphatic heterocycles. The van der Waals surface area contributed by atoms with Crippen molar-refractivity contribution in [2.24, 2.45) is 5.92 Å². The van der Waals surface area contributed by atoms with Crippen LogP contribution in [0.15, 0.2) is 24.3 Å². The van der Waals surface area contributed by atoms with Crippen LogP contribution in [-0.2, 0) is 16.8 Å². The van der Waals surface area contributed by atoms with Crippen molar-refractivity contribution < 1.29 is 9.90 Å². The zero-order chi connectivity index (χ0) is 13.3. The van der Waals surface area contributed by atoms with Crippen molar-refractivity contribution in [1.29, 1.82) is 0 Å². The van der Waals surface area contributed by atoms with Crippen LogP contribution in [0.4, 0.5) is 0 Å². The Morgan fingerprint density at radius 2 is 2.11 bits per heavy atom. The normalized spacial score (nSPS) is 26.4. The number of carbonyl (C=O) groups excluding carboxylic acids is 1. The van der Waals surface area contributed by atoms with Gasteiger partial charge in [0.2, 0.25) is 5.91 Å². The van der Waals surface area contributed by atoms with Crippen LogP contribution in [0.2, 0.25) is 0 Å². The number of hydrogen-bond donors (Lipinski definition) is 2. The molecule has 19 heavy (non-hydrogen) atoms. The minimum atomic E-state index is -0.881. The highest BCUT2D eigenvalue weighted by Gasteiger charge is 2.35. The molecule has 0 bridgehead atoms. The first kappa shape index (κ1) is 12.7. The van der Waals surface area contributed by atoms with Crippen LogP contribution in [-0.4, -0.2) is 17.6 Å². The lowest BCUT2D eigenvalue weighted by atomic mass is 9.78. The average molecular weight is 259 g/mol. The summed E-state index contributed by atoms with van der Waals surface area (Å²) in [6, 6.07) is 8.04. The fraction of sp³-hybridized carbons (Fsp3) is 0.562. The second-order valence-corrected chi connectivity index (χ2v) is 5.89. The summed E-state index contributed by atoms with van der Waals surface area (Å²) in [5.41, 5.74) is 1.33. The van der Waals surface area contributed by atoms with Gasteiger partial charge in [-0.3, -0.25) is 4.79 Å². The van der Waals surface area contributed by atoms with Crippen LogP contribution in [0.5, 0.6) is 0 Å². The third-order valence-corrected chi connectivity index (χ3v) is 4.59. The predicted molar refractivity (Wildman–Crippen MR) is 73.6 cm³/mol. The average Bonchev–Trinajstić information content (AvgIpc) is 2.35. The summed E-state index contributed by atoms with van der Waals surface area (Å²) < 4.78 is 0. The molecule has 3 rings (SSSR count). The lowest BCUT2D eigenvalue weighted by Crippen LogP contribution is -2.45. The second-order valence-electron chi connectivity index (χ2n) is 5.89. The van der Waals surface area contributed by atoms with Gasteiger partial charge in [-0.1, -0.05) is 30.7 Å². The molecular weight excluding hydrogens is 238 g/mol. The maximum absolute atomic E-state index is 11.9. The van der Waals surface area contributed by atoms with E-state index < -0.39 is 5.60 Å². The van der Waals surface area contributed by atoms with E-state index in [1.54, 1.807) is 0 Å². The zero-order valence-corrected chi connectivity index (χ0v) is 11.2. The minimum Gasteiger partial charge on any atom is -0.383 e. The fourth-order valence-corrected chi connectivity index (χ4v) is 3.13. The van der Waals surface area contributed by atoms with Gasteiger partial charge in [0.1, 0.15) is 5.60 Å². The number of carbonyl (C=O) groups is 1. The smallest absolute Gasteiger partial charge is 0.223 e. The standard InChI is InChI=1S/C16H21NO2/c18-15(13-6-3-7-13)17-11-16(19)10-4-8-12-5-1-2-9-14(12)16/h1-2,5,9,13,19H,3-4,6-8,10-11H2,(H,17,18). The van der Waals surface area contributed by atoms with Gasteiger partial charge in [-0.2, -0.15) is 0 Å². The number of hydrogen-bond acceptors (Lipinski definition) is 2. The van der Waals surface area contributed by atoms with Crippen LogP contribution in [0.3, 0.4) is 0 Å². The van der Waals surface area contributed by atoms with Crippen molar-refractivity contribution in [1.82, 2.24) is 5.32 Å². The first-order valence-corrected chi connectivity index (χ1v) is 7.27.